The van der Waals surface area contributed by atoms with Gasteiger partial charge in [0.25, 0.3) is 0 Å². The number of rotatable bonds is 3. The number of benzene rings is 1. The third-order valence-electron chi connectivity index (χ3n) is 2.76. The largest absolute Gasteiger partial charge is 0.396 e. The van der Waals surface area contributed by atoms with Crippen LogP contribution in [0.4, 0.5) is 11.4 Å². The number of thiazole rings is 1. The maximum absolute atomic E-state index is 6.02. The van der Waals surface area contributed by atoms with Gasteiger partial charge in [-0.15, -0.1) is 11.3 Å². The van der Waals surface area contributed by atoms with Crippen LogP contribution in [0.2, 0.25) is 0 Å². The molecule has 0 aliphatic heterocycles. The second kappa shape index (κ2) is 5.14. The van der Waals surface area contributed by atoms with Crippen LogP contribution in [0.1, 0.15) is 5.01 Å². The summed E-state index contributed by atoms with van der Waals surface area (Å²) >= 11 is 5.09. The molecule has 0 bridgehead atoms. The van der Waals surface area contributed by atoms with E-state index in [4.69, 9.17) is 5.73 Å². The van der Waals surface area contributed by atoms with Gasteiger partial charge in [-0.25, -0.2) is 4.98 Å². The number of halogens is 1. The number of anilines is 2. The molecule has 0 saturated carbocycles. The highest BCUT2D eigenvalue weighted by Crippen LogP contribution is 2.30. The van der Waals surface area contributed by atoms with Crippen LogP contribution in [0.3, 0.4) is 0 Å². The minimum atomic E-state index is 0.641. The summed E-state index contributed by atoms with van der Waals surface area (Å²) in [5, 5.41) is 7.34. The topological polar surface area (TPSA) is 63.8 Å². The van der Waals surface area contributed by atoms with Crippen LogP contribution in [-0.2, 0) is 6.54 Å². The molecule has 3 aromatic rings. The van der Waals surface area contributed by atoms with Crippen molar-refractivity contribution in [3.8, 4) is 0 Å². The van der Waals surface area contributed by atoms with Crippen LogP contribution in [0.5, 0.6) is 0 Å². The van der Waals surface area contributed by atoms with E-state index in [1.54, 1.807) is 23.7 Å². The molecule has 96 valence electrons. The number of hydrogen-bond donors (Lipinski definition) is 2. The van der Waals surface area contributed by atoms with Crippen molar-refractivity contribution in [2.75, 3.05) is 11.1 Å². The molecule has 2 aromatic heterocycles. The van der Waals surface area contributed by atoms with Gasteiger partial charge < -0.3 is 11.1 Å². The van der Waals surface area contributed by atoms with Crippen molar-refractivity contribution >= 4 is 49.5 Å². The summed E-state index contributed by atoms with van der Waals surface area (Å²) in [6.45, 7) is 0.660. The third kappa shape index (κ3) is 2.54. The summed E-state index contributed by atoms with van der Waals surface area (Å²) in [6, 6.07) is 5.95. The molecule has 0 atom stereocenters. The lowest BCUT2D eigenvalue weighted by molar-refractivity contribution is 1.11. The standard InChI is InChI=1S/C13H11BrN4S/c14-8-1-2-11-9(5-8)13(10(15)6-17-11)18-7-12-16-3-4-19-12/h1-6H,7,15H2,(H,17,18). The fourth-order valence-electron chi connectivity index (χ4n) is 1.88. The summed E-state index contributed by atoms with van der Waals surface area (Å²) in [5.41, 5.74) is 8.48. The lowest BCUT2D eigenvalue weighted by atomic mass is 10.1. The lowest BCUT2D eigenvalue weighted by Gasteiger charge is -2.11. The van der Waals surface area contributed by atoms with Crippen molar-refractivity contribution in [1.82, 2.24) is 9.97 Å². The van der Waals surface area contributed by atoms with Gasteiger partial charge in [0.1, 0.15) is 5.01 Å². The van der Waals surface area contributed by atoms with E-state index in [-0.39, 0.29) is 0 Å². The molecule has 0 spiro atoms. The number of aromatic nitrogens is 2. The molecule has 19 heavy (non-hydrogen) atoms. The van der Waals surface area contributed by atoms with Crippen molar-refractivity contribution in [2.45, 2.75) is 6.54 Å². The first-order valence-electron chi connectivity index (χ1n) is 5.70. The van der Waals surface area contributed by atoms with Gasteiger partial charge in [-0.3, -0.25) is 4.98 Å². The van der Waals surface area contributed by atoms with Gasteiger partial charge in [-0.05, 0) is 18.2 Å². The first-order valence-corrected chi connectivity index (χ1v) is 7.37. The number of nitrogens with two attached hydrogens (primary N) is 1. The molecule has 4 nitrogen and oxygen atoms in total. The molecular formula is C13H11BrN4S. The number of hydrogen-bond acceptors (Lipinski definition) is 5. The van der Waals surface area contributed by atoms with Crippen LogP contribution < -0.4 is 11.1 Å². The Labute approximate surface area is 122 Å². The van der Waals surface area contributed by atoms with Crippen LogP contribution in [0.25, 0.3) is 10.9 Å². The van der Waals surface area contributed by atoms with Crippen molar-refractivity contribution in [2.24, 2.45) is 0 Å². The normalized spacial score (nSPS) is 10.8. The first kappa shape index (κ1) is 12.4. The monoisotopic (exact) mass is 334 g/mol. The highest BCUT2D eigenvalue weighted by molar-refractivity contribution is 9.10. The van der Waals surface area contributed by atoms with Gasteiger partial charge in [0.15, 0.2) is 0 Å². The van der Waals surface area contributed by atoms with Crippen LogP contribution >= 0.6 is 27.3 Å². The number of nitrogen functional groups attached to an aromatic ring is 1. The summed E-state index contributed by atoms with van der Waals surface area (Å²) in [4.78, 5) is 8.58. The van der Waals surface area contributed by atoms with E-state index in [0.717, 1.165) is 26.1 Å². The first-order chi connectivity index (χ1) is 9.24. The Bertz CT molecular complexity index is 707. The molecule has 0 aliphatic rings. The predicted octanol–water partition coefficient (Wildman–Crippen LogP) is 3.65. The lowest BCUT2D eigenvalue weighted by Crippen LogP contribution is -2.03. The minimum Gasteiger partial charge on any atom is -0.396 e. The Morgan fingerprint density at radius 2 is 2.21 bits per heavy atom. The highest BCUT2D eigenvalue weighted by Gasteiger charge is 2.07. The second-order valence-electron chi connectivity index (χ2n) is 4.03. The van der Waals surface area contributed by atoms with Gasteiger partial charge >= 0.3 is 0 Å². The van der Waals surface area contributed by atoms with Crippen LogP contribution in [0.15, 0.2) is 40.4 Å². The van der Waals surface area contributed by atoms with Gasteiger partial charge in [0.05, 0.1) is 29.6 Å². The maximum Gasteiger partial charge on any atom is 0.112 e. The fourth-order valence-corrected chi connectivity index (χ4v) is 2.80. The van der Waals surface area contributed by atoms with E-state index >= 15 is 0 Å². The van der Waals surface area contributed by atoms with Gasteiger partial charge in [-0.1, -0.05) is 15.9 Å². The average molecular weight is 335 g/mol. The summed E-state index contributed by atoms with van der Waals surface area (Å²) < 4.78 is 1.00. The molecule has 0 fully saturated rings. The Balaban J connectivity index is 2.01. The second-order valence-corrected chi connectivity index (χ2v) is 5.92. The average Bonchev–Trinajstić information content (AvgIpc) is 2.91. The Kier molecular flexibility index (Phi) is 3.35. The van der Waals surface area contributed by atoms with Gasteiger partial charge in [0, 0.05) is 21.4 Å². The Hall–Kier alpha value is -1.66. The number of nitrogens with zero attached hydrogens (tertiary/aromatic N) is 2. The zero-order valence-electron chi connectivity index (χ0n) is 9.93. The molecule has 0 saturated heterocycles. The molecule has 3 rings (SSSR count). The molecular weight excluding hydrogens is 324 g/mol. The number of nitrogens with one attached hydrogen (secondary N) is 1. The molecule has 0 aliphatic carbocycles. The van der Waals surface area contributed by atoms with Crippen molar-refractivity contribution < 1.29 is 0 Å². The smallest absolute Gasteiger partial charge is 0.112 e. The Morgan fingerprint density at radius 1 is 1.32 bits per heavy atom. The summed E-state index contributed by atoms with van der Waals surface area (Å²) in [5.74, 6) is 0. The summed E-state index contributed by atoms with van der Waals surface area (Å²) in [7, 11) is 0. The third-order valence-corrected chi connectivity index (χ3v) is 4.03. The van der Waals surface area contributed by atoms with Crippen molar-refractivity contribution in [3.63, 3.8) is 0 Å². The predicted molar refractivity (Wildman–Crippen MR) is 83.3 cm³/mol. The molecule has 6 heteroatoms. The van der Waals surface area contributed by atoms with E-state index in [2.05, 4.69) is 31.2 Å². The molecule has 0 radical (unpaired) electrons. The molecule has 3 N–H and O–H groups in total. The van der Waals surface area contributed by atoms with Crippen LogP contribution in [-0.4, -0.2) is 9.97 Å². The number of fused-ring (bicyclic) bond motifs is 1. The van der Waals surface area contributed by atoms with E-state index < -0.39 is 0 Å². The van der Waals surface area contributed by atoms with E-state index in [1.807, 2.05) is 23.6 Å². The van der Waals surface area contributed by atoms with Gasteiger partial charge in [0.2, 0.25) is 0 Å². The van der Waals surface area contributed by atoms with Crippen LogP contribution in [0, 0.1) is 0 Å². The molecule has 0 unspecified atom stereocenters. The maximum atomic E-state index is 6.02. The molecule has 1 aromatic carbocycles. The molecule has 0 amide bonds. The quantitative estimate of drug-likeness (QED) is 0.767. The Morgan fingerprint density at radius 3 is 3.00 bits per heavy atom. The van der Waals surface area contributed by atoms with E-state index in [0.29, 0.717) is 12.2 Å². The van der Waals surface area contributed by atoms with E-state index in [9.17, 15) is 0 Å². The van der Waals surface area contributed by atoms with E-state index in [1.165, 1.54) is 0 Å². The number of pyridine rings is 1. The highest BCUT2D eigenvalue weighted by atomic mass is 79.9. The van der Waals surface area contributed by atoms with Gasteiger partial charge in [-0.2, -0.15) is 0 Å². The molecule has 2 heterocycles. The summed E-state index contributed by atoms with van der Waals surface area (Å²) in [6.07, 6.45) is 3.48. The fraction of sp³-hybridized carbons (Fsp3) is 0.0769. The van der Waals surface area contributed by atoms with Crippen molar-refractivity contribution in [1.29, 1.82) is 0 Å². The minimum absolute atomic E-state index is 0.641. The van der Waals surface area contributed by atoms with Crippen molar-refractivity contribution in [3.05, 3.63) is 45.5 Å². The SMILES string of the molecule is Nc1cnc2ccc(Br)cc2c1NCc1nccs1. The zero-order chi connectivity index (χ0) is 13.2. The zero-order valence-corrected chi connectivity index (χ0v) is 12.3.